The molecule has 2 aliphatic carbocycles. The van der Waals surface area contributed by atoms with Crippen LogP contribution in [0.2, 0.25) is 0 Å². The molecule has 23 heavy (non-hydrogen) atoms. The monoisotopic (exact) mass is 313 g/mol. The highest BCUT2D eigenvalue weighted by Gasteiger charge is 2.49. The summed E-state index contributed by atoms with van der Waals surface area (Å²) in [6, 6.07) is 10.00. The maximum atomic E-state index is 13.1. The molecule has 1 amide bonds. The second-order valence-electron chi connectivity index (χ2n) is 7.42. The molecule has 3 fully saturated rings. The summed E-state index contributed by atoms with van der Waals surface area (Å²) in [4.78, 5) is 26.5. The van der Waals surface area contributed by atoms with Gasteiger partial charge >= 0.3 is 5.97 Å². The Hall–Kier alpha value is -1.84. The number of carbonyl (C=O) groups is 2. The third-order valence-corrected chi connectivity index (χ3v) is 5.74. The lowest BCUT2D eigenvalue weighted by molar-refractivity contribution is -0.142. The van der Waals surface area contributed by atoms with Crippen molar-refractivity contribution in [2.24, 2.45) is 23.7 Å². The summed E-state index contributed by atoms with van der Waals surface area (Å²) >= 11 is 0. The van der Waals surface area contributed by atoms with Crippen molar-refractivity contribution < 1.29 is 14.7 Å². The van der Waals surface area contributed by atoms with Crippen molar-refractivity contribution in [3.8, 4) is 0 Å². The van der Waals surface area contributed by atoms with E-state index in [0.29, 0.717) is 24.9 Å². The van der Waals surface area contributed by atoms with Crippen LogP contribution in [0.15, 0.2) is 30.3 Å². The largest absolute Gasteiger partial charge is 0.481 e. The zero-order valence-electron chi connectivity index (χ0n) is 13.2. The first-order valence-corrected chi connectivity index (χ1v) is 8.71. The first-order chi connectivity index (χ1) is 11.1. The average Bonchev–Trinajstić information content (AvgIpc) is 3.48. The molecule has 1 aliphatic heterocycles. The number of carboxylic acid groups (broad SMARTS) is 1. The smallest absolute Gasteiger partial charge is 0.308 e. The lowest BCUT2D eigenvalue weighted by atomic mass is 9.92. The number of nitrogens with zero attached hydrogens (tertiary/aromatic N) is 1. The first-order valence-electron chi connectivity index (χ1n) is 8.71. The lowest BCUT2D eigenvalue weighted by Gasteiger charge is -2.24. The maximum Gasteiger partial charge on any atom is 0.308 e. The van der Waals surface area contributed by atoms with Crippen molar-refractivity contribution in [1.29, 1.82) is 0 Å². The van der Waals surface area contributed by atoms with Gasteiger partial charge in [0.1, 0.15) is 0 Å². The molecule has 0 radical (unpaired) electrons. The van der Waals surface area contributed by atoms with Gasteiger partial charge in [-0.2, -0.15) is 0 Å². The molecule has 4 rings (SSSR count). The Kier molecular flexibility index (Phi) is 3.63. The maximum absolute atomic E-state index is 13.1. The Bertz CT molecular complexity index is 606. The predicted octanol–water partition coefficient (Wildman–Crippen LogP) is 2.75. The van der Waals surface area contributed by atoms with Gasteiger partial charge in [-0.1, -0.05) is 30.3 Å². The van der Waals surface area contributed by atoms with Crippen LogP contribution in [0.3, 0.4) is 0 Å². The number of carbonyl (C=O) groups excluding carboxylic acids is 1. The summed E-state index contributed by atoms with van der Waals surface area (Å²) in [5.41, 5.74) is 1.08. The van der Waals surface area contributed by atoms with Gasteiger partial charge in [0.25, 0.3) is 0 Å². The van der Waals surface area contributed by atoms with Gasteiger partial charge in [-0.25, -0.2) is 0 Å². The molecule has 3 aliphatic rings. The molecule has 4 heteroatoms. The Morgan fingerprint density at radius 1 is 1.04 bits per heavy atom. The Morgan fingerprint density at radius 2 is 1.74 bits per heavy atom. The molecule has 0 bridgehead atoms. The highest BCUT2D eigenvalue weighted by atomic mass is 16.4. The summed E-state index contributed by atoms with van der Waals surface area (Å²) < 4.78 is 0. The third-order valence-electron chi connectivity index (χ3n) is 5.74. The van der Waals surface area contributed by atoms with Crippen LogP contribution in [0.1, 0.15) is 37.2 Å². The summed E-state index contributed by atoms with van der Waals surface area (Å²) in [6.07, 6.45) is 4.46. The fourth-order valence-corrected chi connectivity index (χ4v) is 4.18. The summed E-state index contributed by atoms with van der Waals surface area (Å²) in [6.45, 7) is 1.03. The van der Waals surface area contributed by atoms with Gasteiger partial charge in [0.15, 0.2) is 0 Å². The van der Waals surface area contributed by atoms with E-state index in [1.165, 1.54) is 0 Å². The van der Waals surface area contributed by atoms with Gasteiger partial charge < -0.3 is 10.0 Å². The molecule has 1 aromatic rings. The number of benzene rings is 1. The van der Waals surface area contributed by atoms with E-state index in [4.69, 9.17) is 0 Å². The number of hydrogen-bond donors (Lipinski definition) is 1. The van der Waals surface area contributed by atoms with E-state index in [1.807, 2.05) is 35.2 Å². The fourth-order valence-electron chi connectivity index (χ4n) is 4.18. The topological polar surface area (TPSA) is 57.6 Å². The number of rotatable bonds is 5. The van der Waals surface area contributed by atoms with Crippen molar-refractivity contribution >= 4 is 11.9 Å². The number of carboxylic acids is 1. The van der Waals surface area contributed by atoms with Crippen molar-refractivity contribution in [2.75, 3.05) is 13.1 Å². The molecule has 1 saturated heterocycles. The van der Waals surface area contributed by atoms with E-state index in [2.05, 4.69) is 0 Å². The van der Waals surface area contributed by atoms with E-state index >= 15 is 0 Å². The van der Waals surface area contributed by atoms with Crippen molar-refractivity contribution in [2.45, 2.75) is 31.6 Å². The minimum Gasteiger partial charge on any atom is -0.481 e. The lowest BCUT2D eigenvalue weighted by Crippen LogP contribution is -2.35. The predicted molar refractivity (Wildman–Crippen MR) is 85.8 cm³/mol. The molecule has 0 aromatic heterocycles. The van der Waals surface area contributed by atoms with Crippen molar-refractivity contribution in [3.63, 3.8) is 0 Å². The number of likely N-dealkylation sites (tertiary alicyclic amines) is 1. The zero-order chi connectivity index (χ0) is 16.0. The minimum absolute atomic E-state index is 0.0800. The van der Waals surface area contributed by atoms with Crippen LogP contribution in [0.5, 0.6) is 0 Å². The van der Waals surface area contributed by atoms with E-state index in [9.17, 15) is 14.7 Å². The minimum atomic E-state index is -0.736. The Labute approximate surface area is 136 Å². The van der Waals surface area contributed by atoms with E-state index in [1.54, 1.807) is 0 Å². The van der Waals surface area contributed by atoms with Crippen LogP contribution in [0, 0.1) is 23.7 Å². The van der Waals surface area contributed by atoms with Gasteiger partial charge in [-0.3, -0.25) is 9.59 Å². The molecular weight excluding hydrogens is 290 g/mol. The van der Waals surface area contributed by atoms with Crippen LogP contribution < -0.4 is 0 Å². The van der Waals surface area contributed by atoms with Gasteiger partial charge in [0.05, 0.1) is 11.8 Å². The molecule has 1 aromatic carbocycles. The van der Waals surface area contributed by atoms with Gasteiger partial charge in [-0.05, 0) is 49.0 Å². The molecule has 1 N–H and O–H groups in total. The van der Waals surface area contributed by atoms with Crippen LogP contribution in [-0.2, 0) is 9.59 Å². The standard InChI is InChI=1S/C19H23NO3/c21-18(17(14-8-9-14)13-4-2-1-3-5-13)20-10-15(12-6-7-12)16(11-20)19(22)23/h1-5,12,14-17H,6-11H2,(H,22,23)/t15-,16+,17?/m1/s1. The highest BCUT2D eigenvalue weighted by molar-refractivity contribution is 5.86. The third kappa shape index (κ3) is 2.87. The highest BCUT2D eigenvalue weighted by Crippen LogP contribution is 2.47. The second kappa shape index (κ2) is 5.66. The molecule has 0 spiro atoms. The molecule has 1 unspecified atom stereocenters. The second-order valence-corrected chi connectivity index (χ2v) is 7.42. The molecule has 1 heterocycles. The molecule has 4 nitrogen and oxygen atoms in total. The van der Waals surface area contributed by atoms with E-state index in [-0.39, 0.29) is 23.7 Å². The van der Waals surface area contributed by atoms with Crippen LogP contribution in [0.4, 0.5) is 0 Å². The fraction of sp³-hybridized carbons (Fsp3) is 0.579. The first kappa shape index (κ1) is 14.7. The Balaban J connectivity index is 1.54. The van der Waals surface area contributed by atoms with Crippen LogP contribution in [-0.4, -0.2) is 35.0 Å². The van der Waals surface area contributed by atoms with Crippen molar-refractivity contribution in [3.05, 3.63) is 35.9 Å². The summed E-state index contributed by atoms with van der Waals surface area (Å²) in [5, 5.41) is 9.50. The van der Waals surface area contributed by atoms with Crippen LogP contribution in [0.25, 0.3) is 0 Å². The Morgan fingerprint density at radius 3 is 2.30 bits per heavy atom. The van der Waals surface area contributed by atoms with Crippen LogP contribution >= 0.6 is 0 Å². The van der Waals surface area contributed by atoms with Gasteiger partial charge in [0.2, 0.25) is 5.91 Å². The normalized spacial score (nSPS) is 28.6. The van der Waals surface area contributed by atoms with E-state index < -0.39 is 5.97 Å². The molecular formula is C19H23NO3. The quantitative estimate of drug-likeness (QED) is 0.909. The van der Waals surface area contributed by atoms with Crippen molar-refractivity contribution in [1.82, 2.24) is 4.90 Å². The molecule has 2 saturated carbocycles. The number of amides is 1. The van der Waals surface area contributed by atoms with E-state index in [0.717, 1.165) is 31.2 Å². The molecule has 3 atom stereocenters. The number of aliphatic carboxylic acids is 1. The number of hydrogen-bond acceptors (Lipinski definition) is 2. The SMILES string of the molecule is O=C(O)[C@H]1CN(C(=O)C(c2ccccc2)C2CC2)C[C@@H]1C1CC1. The average molecular weight is 313 g/mol. The van der Waals surface area contributed by atoms with Gasteiger partial charge in [-0.15, -0.1) is 0 Å². The summed E-state index contributed by atoms with van der Waals surface area (Å²) in [5.74, 6) is 0.0730. The zero-order valence-corrected chi connectivity index (χ0v) is 13.2. The van der Waals surface area contributed by atoms with Gasteiger partial charge in [0, 0.05) is 13.1 Å². The summed E-state index contributed by atoms with van der Waals surface area (Å²) in [7, 11) is 0. The molecule has 122 valence electrons.